The number of ether oxygens (including phenoxy) is 2. The molecule has 1 N–H and O–H groups in total. The van der Waals surface area contributed by atoms with E-state index in [0.717, 1.165) is 14.7 Å². The lowest BCUT2D eigenvalue weighted by atomic mass is 10.1. The molecule has 1 aliphatic carbocycles. The van der Waals surface area contributed by atoms with Crippen LogP contribution in [-0.4, -0.2) is 24.3 Å². The van der Waals surface area contributed by atoms with Crippen LogP contribution in [0.1, 0.15) is 18.6 Å². The van der Waals surface area contributed by atoms with Crippen molar-refractivity contribution in [3.63, 3.8) is 0 Å². The summed E-state index contributed by atoms with van der Waals surface area (Å²) >= 11 is 6.93. The molecule has 0 fully saturated rings. The molecule has 30 heavy (non-hydrogen) atoms. The molecule has 0 saturated heterocycles. The van der Waals surface area contributed by atoms with E-state index in [1.54, 1.807) is 18.1 Å². The quantitative estimate of drug-likeness (QED) is 0.526. The van der Waals surface area contributed by atoms with E-state index in [4.69, 9.17) is 9.47 Å². The molecular formula is C22H19Br2N3O3. The highest BCUT2D eigenvalue weighted by Gasteiger charge is 2.29. The molecule has 0 bridgehead atoms. The normalized spacial score (nSPS) is 18.0. The number of anilines is 1. The van der Waals surface area contributed by atoms with Crippen molar-refractivity contribution in [3.8, 4) is 5.75 Å². The molecular weight excluding hydrogens is 514 g/mol. The Hall–Kier alpha value is -2.42. The molecule has 4 rings (SSSR count). The number of hydrazine groups is 1. The first-order valence-corrected chi connectivity index (χ1v) is 11.0. The average Bonchev–Trinajstić information content (AvgIpc) is 3.18. The Balaban J connectivity index is 1.68. The van der Waals surface area contributed by atoms with Gasteiger partial charge in [0, 0.05) is 14.5 Å². The maximum absolute atomic E-state index is 12.7. The van der Waals surface area contributed by atoms with Crippen LogP contribution in [0.3, 0.4) is 0 Å². The molecule has 8 heteroatoms. The number of hydrazone groups is 1. The van der Waals surface area contributed by atoms with Crippen LogP contribution in [0, 0.1) is 0 Å². The van der Waals surface area contributed by atoms with Crippen LogP contribution in [0.15, 0.2) is 80.8 Å². The minimum Gasteiger partial charge on any atom is -0.472 e. The third-order valence-electron chi connectivity index (χ3n) is 4.54. The number of hydrogen-bond acceptors (Lipinski definition) is 6. The summed E-state index contributed by atoms with van der Waals surface area (Å²) in [5.74, 6) is 0.0524. The van der Waals surface area contributed by atoms with E-state index in [0.29, 0.717) is 17.0 Å². The van der Waals surface area contributed by atoms with Gasteiger partial charge in [-0.2, -0.15) is 15.6 Å². The Bertz CT molecular complexity index is 1030. The Labute approximate surface area is 191 Å². The zero-order chi connectivity index (χ0) is 21.1. The smallest absolute Gasteiger partial charge is 0.352 e. The van der Waals surface area contributed by atoms with Crippen LogP contribution in [0.2, 0.25) is 0 Å². The number of benzene rings is 2. The second-order valence-electron chi connectivity index (χ2n) is 6.60. The number of allylic oxidation sites excluding steroid dienone is 2. The number of hydrogen-bond donors (Lipinski definition) is 1. The Morgan fingerprint density at radius 2 is 1.93 bits per heavy atom. The summed E-state index contributed by atoms with van der Waals surface area (Å²) in [6, 6.07) is 13.0. The van der Waals surface area contributed by atoms with E-state index < -0.39 is 12.1 Å². The molecule has 2 aromatic carbocycles. The number of rotatable bonds is 6. The van der Waals surface area contributed by atoms with Gasteiger partial charge in [0.25, 0.3) is 0 Å². The maximum Gasteiger partial charge on any atom is 0.352 e. The third-order valence-corrected chi connectivity index (χ3v) is 5.57. The molecule has 1 aliphatic heterocycles. The summed E-state index contributed by atoms with van der Waals surface area (Å²) in [5.41, 5.74) is 5.60. The van der Waals surface area contributed by atoms with E-state index in [1.165, 1.54) is 0 Å². The molecule has 2 atom stereocenters. The molecule has 0 aromatic heterocycles. The third kappa shape index (κ3) is 4.50. The lowest BCUT2D eigenvalue weighted by Crippen LogP contribution is -2.37. The summed E-state index contributed by atoms with van der Waals surface area (Å²) in [6.07, 6.45) is 7.00. The first-order chi connectivity index (χ1) is 14.5. The maximum atomic E-state index is 12.7. The van der Waals surface area contributed by atoms with E-state index >= 15 is 0 Å². The van der Waals surface area contributed by atoms with Gasteiger partial charge in [0.1, 0.15) is 11.4 Å². The van der Waals surface area contributed by atoms with Crippen molar-refractivity contribution in [2.24, 2.45) is 5.10 Å². The molecule has 0 amide bonds. The largest absolute Gasteiger partial charge is 0.472 e. The van der Waals surface area contributed by atoms with Crippen LogP contribution in [0.4, 0.5) is 5.69 Å². The topological polar surface area (TPSA) is 63.2 Å². The number of halogens is 2. The zero-order valence-electron chi connectivity index (χ0n) is 16.1. The van der Waals surface area contributed by atoms with Gasteiger partial charge in [-0.25, -0.2) is 4.79 Å². The minimum atomic E-state index is -0.907. The van der Waals surface area contributed by atoms with Crippen LogP contribution in [0.5, 0.6) is 5.75 Å². The summed E-state index contributed by atoms with van der Waals surface area (Å²) < 4.78 is 13.3. The number of fused-ring (bicyclic) bond motifs is 1. The van der Waals surface area contributed by atoms with Crippen molar-refractivity contribution in [2.75, 3.05) is 11.7 Å². The van der Waals surface area contributed by atoms with Crippen molar-refractivity contribution >= 4 is 49.2 Å². The lowest BCUT2D eigenvalue weighted by molar-refractivity contribution is -0.151. The zero-order valence-corrected chi connectivity index (χ0v) is 19.3. The van der Waals surface area contributed by atoms with Crippen molar-refractivity contribution < 1.29 is 14.3 Å². The highest BCUT2D eigenvalue weighted by Crippen LogP contribution is 2.36. The molecule has 2 aromatic rings. The van der Waals surface area contributed by atoms with Crippen molar-refractivity contribution in [2.45, 2.75) is 19.1 Å². The van der Waals surface area contributed by atoms with Gasteiger partial charge < -0.3 is 9.47 Å². The fourth-order valence-corrected chi connectivity index (χ4v) is 3.74. The molecule has 6 nitrogen and oxygen atoms in total. The van der Waals surface area contributed by atoms with E-state index in [1.807, 2.05) is 60.7 Å². The number of esters is 1. The monoisotopic (exact) mass is 531 g/mol. The molecule has 0 spiro atoms. The van der Waals surface area contributed by atoms with Gasteiger partial charge in [0.05, 0.1) is 18.4 Å². The SMILES string of the molecule is CCOC(=O)C(Oc1ccc(Br)cc1N1N=C2C=CC=CC2N1)c1ccc(Br)cc1. The molecule has 0 saturated carbocycles. The Morgan fingerprint density at radius 3 is 2.67 bits per heavy atom. The van der Waals surface area contributed by atoms with E-state index in [9.17, 15) is 4.79 Å². The second-order valence-corrected chi connectivity index (χ2v) is 8.43. The predicted octanol–water partition coefficient (Wildman–Crippen LogP) is 5.07. The first kappa shape index (κ1) is 20.8. The highest BCUT2D eigenvalue weighted by molar-refractivity contribution is 9.10. The fraction of sp³-hybridized carbons (Fsp3) is 0.182. The Morgan fingerprint density at radius 1 is 1.17 bits per heavy atom. The van der Waals surface area contributed by atoms with Crippen LogP contribution >= 0.6 is 31.9 Å². The van der Waals surface area contributed by atoms with Crippen molar-refractivity contribution in [3.05, 3.63) is 81.3 Å². The molecule has 2 aliphatic rings. The fourth-order valence-electron chi connectivity index (χ4n) is 3.13. The molecule has 2 unspecified atom stereocenters. The van der Waals surface area contributed by atoms with Gasteiger partial charge in [0.2, 0.25) is 6.10 Å². The van der Waals surface area contributed by atoms with Gasteiger partial charge in [0.15, 0.2) is 0 Å². The van der Waals surface area contributed by atoms with Crippen molar-refractivity contribution in [1.82, 2.24) is 5.43 Å². The minimum absolute atomic E-state index is 0.00541. The lowest BCUT2D eigenvalue weighted by Gasteiger charge is -2.23. The van der Waals surface area contributed by atoms with Crippen LogP contribution in [0.25, 0.3) is 0 Å². The summed E-state index contributed by atoms with van der Waals surface area (Å²) in [7, 11) is 0. The number of carbonyl (C=O) groups is 1. The van der Waals surface area contributed by atoms with Gasteiger partial charge >= 0.3 is 5.97 Å². The number of nitrogens with zero attached hydrogens (tertiary/aromatic N) is 2. The average molecular weight is 533 g/mol. The van der Waals surface area contributed by atoms with Gasteiger partial charge in [-0.3, -0.25) is 0 Å². The standard InChI is InChI=1S/C22H19Br2N3O3/c1-2-29-22(28)21(14-7-9-15(23)10-8-14)30-20-12-11-16(24)13-19(20)27-25-17-5-3-4-6-18(17)26-27/h3-13,17,21,25H,2H2,1H3. The van der Waals surface area contributed by atoms with Crippen LogP contribution in [-0.2, 0) is 9.53 Å². The molecule has 1 heterocycles. The molecule has 154 valence electrons. The van der Waals surface area contributed by atoms with E-state index in [2.05, 4.69) is 42.4 Å². The van der Waals surface area contributed by atoms with Gasteiger partial charge in [-0.15, -0.1) is 0 Å². The first-order valence-electron chi connectivity index (χ1n) is 9.43. The summed E-state index contributed by atoms with van der Waals surface area (Å²) in [4.78, 5) is 12.7. The van der Waals surface area contributed by atoms with Gasteiger partial charge in [-0.1, -0.05) is 62.2 Å². The predicted molar refractivity (Wildman–Crippen MR) is 123 cm³/mol. The number of nitrogens with one attached hydrogen (secondary N) is 1. The Kier molecular flexibility index (Phi) is 6.36. The number of carbonyl (C=O) groups excluding carboxylic acids is 1. The highest BCUT2D eigenvalue weighted by atomic mass is 79.9. The van der Waals surface area contributed by atoms with Crippen molar-refractivity contribution in [1.29, 1.82) is 0 Å². The van der Waals surface area contributed by atoms with E-state index in [-0.39, 0.29) is 12.6 Å². The van der Waals surface area contributed by atoms with Crippen LogP contribution < -0.4 is 15.3 Å². The molecule has 0 radical (unpaired) electrons. The summed E-state index contributed by atoms with van der Waals surface area (Å²) in [6.45, 7) is 2.04. The van der Waals surface area contributed by atoms with Gasteiger partial charge in [-0.05, 0) is 43.3 Å². The second kappa shape index (κ2) is 9.16. The summed E-state index contributed by atoms with van der Waals surface area (Å²) in [5, 5.41) is 6.30.